The fourth-order valence-corrected chi connectivity index (χ4v) is 1.80. The van der Waals surface area contributed by atoms with Crippen LogP contribution in [0.3, 0.4) is 0 Å². The van der Waals surface area contributed by atoms with Gasteiger partial charge in [0.15, 0.2) is 0 Å². The summed E-state index contributed by atoms with van der Waals surface area (Å²) in [5, 5.41) is 6.40. The first kappa shape index (κ1) is 13.5. The van der Waals surface area contributed by atoms with Crippen molar-refractivity contribution in [1.29, 1.82) is 0 Å². The Morgan fingerprint density at radius 3 is 2.58 bits per heavy atom. The van der Waals surface area contributed by atoms with E-state index < -0.39 is 0 Å². The van der Waals surface area contributed by atoms with Crippen molar-refractivity contribution in [2.75, 3.05) is 18.9 Å². The molecule has 19 heavy (non-hydrogen) atoms. The fourth-order valence-electron chi connectivity index (χ4n) is 1.80. The monoisotopic (exact) mass is 256 g/mol. The van der Waals surface area contributed by atoms with Crippen LogP contribution in [0.25, 0.3) is 0 Å². The molecule has 0 saturated carbocycles. The summed E-state index contributed by atoms with van der Waals surface area (Å²) in [6.45, 7) is 3.04. The van der Waals surface area contributed by atoms with E-state index in [-0.39, 0.29) is 0 Å². The highest BCUT2D eigenvalue weighted by Crippen LogP contribution is 2.15. The van der Waals surface area contributed by atoms with E-state index in [1.54, 1.807) is 6.20 Å². The van der Waals surface area contributed by atoms with Crippen molar-refractivity contribution in [3.05, 3.63) is 47.9 Å². The quantitative estimate of drug-likeness (QED) is 0.834. The molecule has 2 N–H and O–H groups in total. The Morgan fingerprint density at radius 2 is 1.89 bits per heavy atom. The van der Waals surface area contributed by atoms with Crippen molar-refractivity contribution < 1.29 is 0 Å². The normalized spacial score (nSPS) is 10.4. The molecule has 100 valence electrons. The third-order valence-electron chi connectivity index (χ3n) is 2.94. The minimum absolute atomic E-state index is 0.834. The highest BCUT2D eigenvalue weighted by Gasteiger charge is 2.00. The molecule has 0 radical (unpaired) electrons. The number of benzene rings is 1. The maximum absolute atomic E-state index is 4.49. The predicted octanol–water partition coefficient (Wildman–Crippen LogP) is 2.54. The molecule has 4 nitrogen and oxygen atoms in total. The van der Waals surface area contributed by atoms with Gasteiger partial charge in [0, 0.05) is 24.8 Å². The lowest BCUT2D eigenvalue weighted by Crippen LogP contribution is -2.12. The van der Waals surface area contributed by atoms with E-state index >= 15 is 0 Å². The molecule has 0 spiro atoms. The summed E-state index contributed by atoms with van der Waals surface area (Å²) in [5.41, 5.74) is 2.39. The summed E-state index contributed by atoms with van der Waals surface area (Å²) in [4.78, 5) is 8.74. The van der Waals surface area contributed by atoms with Crippen molar-refractivity contribution in [2.45, 2.75) is 19.8 Å². The maximum Gasteiger partial charge on any atom is 0.134 e. The molecule has 0 aliphatic carbocycles. The molecule has 0 atom stereocenters. The van der Waals surface area contributed by atoms with Crippen LogP contribution >= 0.6 is 0 Å². The number of rotatable bonds is 6. The smallest absolute Gasteiger partial charge is 0.134 e. The van der Waals surface area contributed by atoms with Crippen LogP contribution in [0.15, 0.2) is 36.5 Å². The standard InChI is InChI=1S/C15H20N4/c1-3-12-4-6-13(7-5-12)18-15-9-11-17-14(19-15)8-10-16-2/h4-7,9,11,16H,3,8,10H2,1-2H3,(H,17,18,19). The van der Waals surface area contributed by atoms with Gasteiger partial charge in [-0.1, -0.05) is 19.1 Å². The van der Waals surface area contributed by atoms with Crippen molar-refractivity contribution in [3.8, 4) is 0 Å². The minimum Gasteiger partial charge on any atom is -0.340 e. The zero-order chi connectivity index (χ0) is 13.5. The number of nitrogens with zero attached hydrogens (tertiary/aromatic N) is 2. The molecule has 0 bridgehead atoms. The van der Waals surface area contributed by atoms with Crippen molar-refractivity contribution >= 4 is 11.5 Å². The van der Waals surface area contributed by atoms with Gasteiger partial charge in [0.2, 0.25) is 0 Å². The van der Waals surface area contributed by atoms with Crippen LogP contribution in [-0.2, 0) is 12.8 Å². The first-order valence-electron chi connectivity index (χ1n) is 6.64. The molecule has 2 aromatic rings. The van der Waals surface area contributed by atoms with Crippen LogP contribution < -0.4 is 10.6 Å². The van der Waals surface area contributed by atoms with Crippen LogP contribution in [0, 0.1) is 0 Å². The van der Waals surface area contributed by atoms with Gasteiger partial charge in [0.1, 0.15) is 11.6 Å². The second kappa shape index (κ2) is 6.85. The van der Waals surface area contributed by atoms with Gasteiger partial charge in [0.05, 0.1) is 0 Å². The van der Waals surface area contributed by atoms with Crippen molar-refractivity contribution in [3.63, 3.8) is 0 Å². The van der Waals surface area contributed by atoms with Crippen LogP contribution in [0.1, 0.15) is 18.3 Å². The Labute approximate surface area is 114 Å². The zero-order valence-corrected chi connectivity index (χ0v) is 11.5. The van der Waals surface area contributed by atoms with Gasteiger partial charge in [-0.25, -0.2) is 9.97 Å². The number of nitrogens with one attached hydrogen (secondary N) is 2. The predicted molar refractivity (Wildman–Crippen MR) is 78.8 cm³/mol. The second-order valence-electron chi connectivity index (χ2n) is 4.39. The summed E-state index contributed by atoms with van der Waals surface area (Å²) in [7, 11) is 1.93. The summed E-state index contributed by atoms with van der Waals surface area (Å²) in [5.74, 6) is 1.69. The SMILES string of the molecule is CCc1ccc(Nc2ccnc(CCNC)n2)cc1. The fraction of sp³-hybridized carbons (Fsp3) is 0.333. The lowest BCUT2D eigenvalue weighted by atomic mass is 10.1. The van der Waals surface area contributed by atoms with E-state index in [2.05, 4.69) is 51.8 Å². The van der Waals surface area contributed by atoms with Gasteiger partial charge >= 0.3 is 0 Å². The summed E-state index contributed by atoms with van der Waals surface area (Å²) >= 11 is 0. The number of hydrogen-bond donors (Lipinski definition) is 2. The highest BCUT2D eigenvalue weighted by atomic mass is 15.0. The molecule has 0 unspecified atom stereocenters. The number of aryl methyl sites for hydroxylation is 1. The topological polar surface area (TPSA) is 49.8 Å². The van der Waals surface area contributed by atoms with E-state index in [1.807, 2.05) is 13.1 Å². The second-order valence-corrected chi connectivity index (χ2v) is 4.39. The van der Waals surface area contributed by atoms with Crippen LogP contribution in [0.4, 0.5) is 11.5 Å². The van der Waals surface area contributed by atoms with Crippen LogP contribution in [0.2, 0.25) is 0 Å². The van der Waals surface area contributed by atoms with E-state index in [9.17, 15) is 0 Å². The number of likely N-dealkylation sites (N-methyl/N-ethyl adjacent to an activating group) is 1. The summed E-state index contributed by atoms with van der Waals surface area (Å²) in [6, 6.07) is 10.3. The number of anilines is 2. The van der Waals surface area contributed by atoms with E-state index in [1.165, 1.54) is 5.56 Å². The Kier molecular flexibility index (Phi) is 4.86. The minimum atomic E-state index is 0.834. The third-order valence-corrected chi connectivity index (χ3v) is 2.94. The summed E-state index contributed by atoms with van der Waals surface area (Å²) in [6.07, 6.45) is 3.68. The molecule has 0 fully saturated rings. The lowest BCUT2D eigenvalue weighted by molar-refractivity contribution is 0.756. The molecule has 0 aliphatic rings. The average Bonchev–Trinajstić information content (AvgIpc) is 2.46. The molecular weight excluding hydrogens is 236 g/mol. The number of hydrogen-bond acceptors (Lipinski definition) is 4. The molecular formula is C15H20N4. The zero-order valence-electron chi connectivity index (χ0n) is 11.5. The molecule has 0 aliphatic heterocycles. The van der Waals surface area contributed by atoms with E-state index in [4.69, 9.17) is 0 Å². The molecule has 0 saturated heterocycles. The van der Waals surface area contributed by atoms with Gasteiger partial charge in [-0.05, 0) is 37.2 Å². The van der Waals surface area contributed by atoms with Crippen LogP contribution in [0.5, 0.6) is 0 Å². The lowest BCUT2D eigenvalue weighted by Gasteiger charge is -2.07. The average molecular weight is 256 g/mol. The van der Waals surface area contributed by atoms with Gasteiger partial charge in [-0.15, -0.1) is 0 Å². The highest BCUT2D eigenvalue weighted by molar-refractivity contribution is 5.56. The van der Waals surface area contributed by atoms with Gasteiger partial charge in [-0.2, -0.15) is 0 Å². The molecule has 1 aromatic heterocycles. The Hall–Kier alpha value is -1.94. The first-order valence-corrected chi connectivity index (χ1v) is 6.64. The number of aromatic nitrogens is 2. The molecule has 1 heterocycles. The Morgan fingerprint density at radius 1 is 1.11 bits per heavy atom. The van der Waals surface area contributed by atoms with Crippen molar-refractivity contribution in [2.24, 2.45) is 0 Å². The Balaban J connectivity index is 2.05. The maximum atomic E-state index is 4.49. The van der Waals surface area contributed by atoms with Crippen molar-refractivity contribution in [1.82, 2.24) is 15.3 Å². The van der Waals surface area contributed by atoms with Gasteiger partial charge in [0.25, 0.3) is 0 Å². The van der Waals surface area contributed by atoms with E-state index in [0.29, 0.717) is 0 Å². The molecule has 4 heteroatoms. The largest absolute Gasteiger partial charge is 0.340 e. The summed E-state index contributed by atoms with van der Waals surface area (Å²) < 4.78 is 0. The van der Waals surface area contributed by atoms with Gasteiger partial charge < -0.3 is 10.6 Å². The molecule has 2 rings (SSSR count). The van der Waals surface area contributed by atoms with Gasteiger partial charge in [-0.3, -0.25) is 0 Å². The molecule has 0 amide bonds. The first-order chi connectivity index (χ1) is 9.31. The van der Waals surface area contributed by atoms with E-state index in [0.717, 1.165) is 36.7 Å². The molecule has 1 aromatic carbocycles. The van der Waals surface area contributed by atoms with Crippen LogP contribution in [-0.4, -0.2) is 23.6 Å². The Bertz CT molecular complexity index is 508. The third kappa shape index (κ3) is 4.03.